The second-order valence-electron chi connectivity index (χ2n) is 27.5. The molecule has 0 amide bonds. The summed E-state index contributed by atoms with van der Waals surface area (Å²) in [5.41, 5.74) is 21.8. The molecule has 0 bridgehead atoms. The van der Waals surface area contributed by atoms with E-state index in [9.17, 15) is 0 Å². The first-order valence-electron chi connectivity index (χ1n) is 35.6. The molecule has 0 radical (unpaired) electrons. The molecule has 6 aromatic heterocycles. The fourth-order valence-corrected chi connectivity index (χ4v) is 19.1. The van der Waals surface area contributed by atoms with Crippen molar-refractivity contribution in [2.75, 3.05) is 0 Å². The van der Waals surface area contributed by atoms with Crippen LogP contribution in [-0.2, 0) is 0 Å². The van der Waals surface area contributed by atoms with Crippen LogP contribution in [0.3, 0.4) is 0 Å². The van der Waals surface area contributed by atoms with Crippen LogP contribution in [0.1, 0.15) is 0 Å². The van der Waals surface area contributed by atoms with E-state index in [4.69, 9.17) is 0 Å². The van der Waals surface area contributed by atoms with Crippen molar-refractivity contribution in [3.05, 3.63) is 364 Å². The molecular weight excluding hydrogens is 1300 g/mol. The fraction of sp³-hybridized carbons (Fsp3) is 0. The van der Waals surface area contributed by atoms with Crippen molar-refractivity contribution in [3.63, 3.8) is 0 Å². The van der Waals surface area contributed by atoms with Gasteiger partial charge in [0.2, 0.25) is 0 Å². The summed E-state index contributed by atoms with van der Waals surface area (Å²) in [6.45, 7) is 0. The van der Waals surface area contributed by atoms with Gasteiger partial charge in [0.05, 0.1) is 44.1 Å². The molecule has 23 rings (SSSR count). The van der Waals surface area contributed by atoms with Gasteiger partial charge in [-0.15, -0.1) is 22.7 Å². The molecule has 104 heavy (non-hydrogen) atoms. The van der Waals surface area contributed by atoms with Gasteiger partial charge in [0.1, 0.15) is 0 Å². The molecule has 0 N–H and O–H groups in total. The van der Waals surface area contributed by atoms with Crippen molar-refractivity contribution in [2.45, 2.75) is 0 Å². The minimum absolute atomic E-state index is 1.18. The minimum Gasteiger partial charge on any atom is -0.309 e. The monoisotopic (exact) mass is 1360 g/mol. The molecule has 4 nitrogen and oxygen atoms in total. The summed E-state index contributed by atoms with van der Waals surface area (Å²) in [6.07, 6.45) is 0. The maximum Gasteiger partial charge on any atom is 0.0541 e. The molecule has 6 heterocycles. The van der Waals surface area contributed by atoms with Crippen molar-refractivity contribution in [1.29, 1.82) is 0 Å². The van der Waals surface area contributed by atoms with Crippen molar-refractivity contribution in [3.8, 4) is 56.1 Å². The minimum atomic E-state index is 1.18. The van der Waals surface area contributed by atoms with E-state index in [1.807, 2.05) is 22.7 Å². The zero-order valence-electron chi connectivity index (χ0n) is 56.2. The number of rotatable bonds is 7. The number of nitrogens with zero attached hydrogens (tertiary/aromatic N) is 4. The van der Waals surface area contributed by atoms with Gasteiger partial charge in [0.15, 0.2) is 0 Å². The number of hydrogen-bond acceptors (Lipinski definition) is 2. The summed E-state index contributed by atoms with van der Waals surface area (Å²) in [4.78, 5) is 0. The van der Waals surface area contributed by atoms with Gasteiger partial charge in [-0.25, -0.2) is 0 Å². The summed E-state index contributed by atoms with van der Waals surface area (Å²) >= 11 is 3.73. The lowest BCUT2D eigenvalue weighted by Crippen LogP contribution is -1.94. The Labute approximate surface area is 605 Å². The van der Waals surface area contributed by atoms with E-state index in [-0.39, 0.29) is 0 Å². The highest BCUT2D eigenvalue weighted by molar-refractivity contribution is 7.26. The molecular formula is C98H60N4S2. The maximum atomic E-state index is 2.44. The molecule has 0 aliphatic heterocycles. The molecule has 0 fully saturated rings. The molecule has 0 aliphatic carbocycles. The molecule has 484 valence electrons. The summed E-state index contributed by atoms with van der Waals surface area (Å²) in [5.74, 6) is 0. The Morgan fingerprint density at radius 2 is 0.413 bits per heavy atom. The zero-order chi connectivity index (χ0) is 68.1. The van der Waals surface area contributed by atoms with Crippen molar-refractivity contribution in [1.82, 2.24) is 18.3 Å². The Hall–Kier alpha value is -13.1. The van der Waals surface area contributed by atoms with E-state index in [0.29, 0.717) is 0 Å². The number of thiophene rings is 2. The van der Waals surface area contributed by atoms with Crippen molar-refractivity contribution in [2.24, 2.45) is 0 Å². The molecule has 0 aliphatic rings. The molecule has 0 saturated heterocycles. The molecule has 6 heteroatoms. The zero-order valence-corrected chi connectivity index (χ0v) is 57.9. The van der Waals surface area contributed by atoms with Gasteiger partial charge >= 0.3 is 0 Å². The second-order valence-corrected chi connectivity index (χ2v) is 29.7. The lowest BCUT2D eigenvalue weighted by Gasteiger charge is -2.10. The quantitative estimate of drug-likeness (QED) is 0.152. The highest BCUT2D eigenvalue weighted by Crippen LogP contribution is 2.45. The first-order chi connectivity index (χ1) is 51.5. The van der Waals surface area contributed by atoms with Gasteiger partial charge in [-0.2, -0.15) is 0 Å². The van der Waals surface area contributed by atoms with Gasteiger partial charge in [-0.3, -0.25) is 0 Å². The number of para-hydroxylation sites is 4. The third kappa shape index (κ3) is 9.22. The third-order valence-electron chi connectivity index (χ3n) is 21.8. The SMILES string of the molecule is c1ccc(-c2ccc3sc4ccc(-n5c6ccccc6c6cc(-c7ccc8c(c7)c7ccccc7n8-c7ccc8ccccc8c7)ccc65)cc4c3c2)cc1.c1ccc2cc(-n3c4ccccc4c4cc(-c5ccc6c(c5)c5ccccc5n6-c5ccc6sc7ccccc7c6c5)ccc43)ccc2c1. The number of aromatic nitrogens is 4. The molecule has 23 aromatic rings. The van der Waals surface area contributed by atoms with Gasteiger partial charge in [0.25, 0.3) is 0 Å². The number of hydrogen-bond donors (Lipinski definition) is 0. The lowest BCUT2D eigenvalue weighted by molar-refractivity contribution is 1.19. The fourth-order valence-electron chi connectivity index (χ4n) is 16.9. The number of benzene rings is 17. The average Bonchev–Trinajstić information content (AvgIpc) is 1.59. The Morgan fingerprint density at radius 1 is 0.144 bits per heavy atom. The lowest BCUT2D eigenvalue weighted by atomic mass is 10.0. The first kappa shape index (κ1) is 58.7. The molecule has 0 saturated carbocycles. The summed E-state index contributed by atoms with van der Waals surface area (Å²) in [5, 5.41) is 20.4. The van der Waals surface area contributed by atoms with Crippen LogP contribution in [0.25, 0.3) is 205 Å². The normalized spacial score (nSPS) is 12.0. The Balaban J connectivity index is 0.000000132. The summed E-state index contributed by atoms with van der Waals surface area (Å²) in [6, 6.07) is 134. The van der Waals surface area contributed by atoms with Crippen LogP contribution in [0.2, 0.25) is 0 Å². The van der Waals surface area contributed by atoms with E-state index in [2.05, 4.69) is 382 Å². The smallest absolute Gasteiger partial charge is 0.0541 e. The number of fused-ring (bicyclic) bond motifs is 20. The molecule has 0 atom stereocenters. The maximum absolute atomic E-state index is 2.44. The standard InChI is InChI=1S/C52H32N2S.C46H28N2S/c1-2-10-33(11-3-1)36-21-26-51-45(31-36)46-32-40(23-27-52(46)55-51)54-48-17-9-7-15-42(48)44-30-38(20-25-50(44)54)37-19-24-49-43(29-37)41-14-6-8-16-47(41)53(49)39-22-18-34-12-4-5-13-35(34)28-39;1-2-10-30-25-33(20-17-29(30)9-1)47-41-14-6-3-11-35(41)38-26-31(18-22-43(38)47)32-19-23-44-39(27-32)36-12-4-7-15-42(36)48(44)34-21-24-46-40(28-34)37-13-5-8-16-45(37)49-46/h1-32H;1-28H. The van der Waals surface area contributed by atoms with Crippen molar-refractivity contribution < 1.29 is 0 Å². The largest absolute Gasteiger partial charge is 0.309 e. The van der Waals surface area contributed by atoms with E-state index in [1.165, 1.54) is 205 Å². The van der Waals surface area contributed by atoms with Crippen LogP contribution in [0, 0.1) is 0 Å². The van der Waals surface area contributed by atoms with Gasteiger partial charge in [0, 0.05) is 106 Å². The summed E-state index contributed by atoms with van der Waals surface area (Å²) < 4.78 is 15.0. The summed E-state index contributed by atoms with van der Waals surface area (Å²) in [7, 11) is 0. The van der Waals surface area contributed by atoms with Crippen LogP contribution >= 0.6 is 22.7 Å². The first-order valence-corrected chi connectivity index (χ1v) is 37.2. The highest BCUT2D eigenvalue weighted by Gasteiger charge is 2.21. The van der Waals surface area contributed by atoms with Crippen molar-refractivity contribution >= 4 is 172 Å². The Kier molecular flexibility index (Phi) is 13.1. The second kappa shape index (κ2) is 23.2. The van der Waals surface area contributed by atoms with Crippen LogP contribution in [-0.4, -0.2) is 18.3 Å². The topological polar surface area (TPSA) is 19.7 Å². The molecule has 17 aromatic carbocycles. The van der Waals surface area contributed by atoms with E-state index >= 15 is 0 Å². The van der Waals surface area contributed by atoms with Gasteiger partial charge < -0.3 is 18.3 Å². The van der Waals surface area contributed by atoms with E-state index < -0.39 is 0 Å². The predicted molar refractivity (Wildman–Crippen MR) is 447 cm³/mol. The van der Waals surface area contributed by atoms with Crippen LogP contribution < -0.4 is 0 Å². The Morgan fingerprint density at radius 3 is 0.837 bits per heavy atom. The van der Waals surface area contributed by atoms with E-state index in [0.717, 1.165) is 0 Å². The van der Waals surface area contributed by atoms with Crippen LogP contribution in [0.15, 0.2) is 364 Å². The van der Waals surface area contributed by atoms with Crippen LogP contribution in [0.4, 0.5) is 0 Å². The average molecular weight is 1360 g/mol. The van der Waals surface area contributed by atoms with Gasteiger partial charge in [-0.1, -0.05) is 212 Å². The molecule has 0 unspecified atom stereocenters. The third-order valence-corrected chi connectivity index (χ3v) is 24.1. The van der Waals surface area contributed by atoms with Crippen LogP contribution in [0.5, 0.6) is 0 Å². The van der Waals surface area contributed by atoms with Gasteiger partial charge in [-0.05, 0) is 207 Å². The predicted octanol–water partition coefficient (Wildman–Crippen LogP) is 27.8. The Bertz CT molecular complexity index is 7500. The molecule has 0 spiro atoms. The highest BCUT2D eigenvalue weighted by atomic mass is 32.1. The van der Waals surface area contributed by atoms with E-state index in [1.54, 1.807) is 0 Å².